The van der Waals surface area contributed by atoms with Crippen LogP contribution in [0.15, 0.2) is 67.3 Å². The molecule has 2 aromatic heterocycles. The van der Waals surface area contributed by atoms with Gasteiger partial charge >= 0.3 is 0 Å². The van der Waals surface area contributed by atoms with Gasteiger partial charge in [0, 0.05) is 17.8 Å². The number of anilines is 1. The van der Waals surface area contributed by atoms with E-state index in [1.165, 1.54) is 0 Å². The largest absolute Gasteiger partial charge is 0.381 e. The highest BCUT2D eigenvalue weighted by atomic mass is 35.5. The Morgan fingerprint density at radius 1 is 1.07 bits per heavy atom. The van der Waals surface area contributed by atoms with Gasteiger partial charge in [-0.05, 0) is 35.7 Å². The standard InChI is InChI=1S/C22H23ClN6/c1-16(2)21-20(22(23)29(27-21)19-9-4-3-5-10-19)12-25-18-8-6-7-17(11-18)13-28-15-24-14-26-28/h3-11,14-16,25H,12-13H2,1-2H3. The molecule has 0 saturated heterocycles. The Bertz CT molecular complexity index is 1070. The van der Waals surface area contributed by atoms with Gasteiger partial charge in [-0.3, -0.25) is 0 Å². The molecule has 4 rings (SSSR count). The van der Waals surface area contributed by atoms with Crippen LogP contribution in [0.4, 0.5) is 5.69 Å². The summed E-state index contributed by atoms with van der Waals surface area (Å²) in [5.74, 6) is 0.271. The van der Waals surface area contributed by atoms with E-state index in [-0.39, 0.29) is 5.92 Å². The molecule has 0 spiro atoms. The molecule has 1 N–H and O–H groups in total. The molecule has 0 fully saturated rings. The van der Waals surface area contributed by atoms with Crippen molar-refractivity contribution in [3.05, 3.63) is 89.2 Å². The predicted molar refractivity (Wildman–Crippen MR) is 116 cm³/mol. The lowest BCUT2D eigenvalue weighted by Gasteiger charge is -2.10. The van der Waals surface area contributed by atoms with Gasteiger partial charge in [-0.1, -0.05) is 55.8 Å². The molecule has 0 aliphatic rings. The number of nitrogens with zero attached hydrogens (tertiary/aromatic N) is 5. The third-order valence-corrected chi connectivity index (χ3v) is 5.10. The molecular formula is C22H23ClN6. The van der Waals surface area contributed by atoms with E-state index in [0.29, 0.717) is 18.2 Å². The molecule has 0 atom stereocenters. The molecule has 0 unspecified atom stereocenters. The van der Waals surface area contributed by atoms with Crippen molar-refractivity contribution in [3.8, 4) is 5.69 Å². The van der Waals surface area contributed by atoms with Crippen molar-refractivity contribution in [1.29, 1.82) is 0 Å². The first-order valence-corrected chi connectivity index (χ1v) is 9.97. The zero-order valence-corrected chi connectivity index (χ0v) is 17.2. The number of rotatable bonds is 7. The van der Waals surface area contributed by atoms with Gasteiger partial charge in [-0.25, -0.2) is 14.3 Å². The maximum Gasteiger partial charge on any atom is 0.138 e. The number of para-hydroxylation sites is 1. The minimum absolute atomic E-state index is 0.271. The highest BCUT2D eigenvalue weighted by Gasteiger charge is 2.19. The molecule has 0 aliphatic carbocycles. The van der Waals surface area contributed by atoms with Gasteiger partial charge in [0.1, 0.15) is 17.8 Å². The zero-order valence-electron chi connectivity index (χ0n) is 16.5. The molecule has 6 nitrogen and oxygen atoms in total. The molecule has 29 heavy (non-hydrogen) atoms. The topological polar surface area (TPSA) is 60.6 Å². The van der Waals surface area contributed by atoms with E-state index < -0.39 is 0 Å². The molecule has 0 amide bonds. The number of hydrogen-bond donors (Lipinski definition) is 1. The van der Waals surface area contributed by atoms with Gasteiger partial charge in [0.25, 0.3) is 0 Å². The Morgan fingerprint density at radius 3 is 2.62 bits per heavy atom. The van der Waals surface area contributed by atoms with Crippen molar-refractivity contribution in [2.75, 3.05) is 5.32 Å². The van der Waals surface area contributed by atoms with Gasteiger partial charge in [-0.15, -0.1) is 0 Å². The summed E-state index contributed by atoms with van der Waals surface area (Å²) in [7, 11) is 0. The quantitative estimate of drug-likeness (QED) is 0.474. The summed E-state index contributed by atoms with van der Waals surface area (Å²) in [6.45, 7) is 5.55. The first-order chi connectivity index (χ1) is 14.1. The molecule has 2 aromatic carbocycles. The van der Waals surface area contributed by atoms with Crippen molar-refractivity contribution < 1.29 is 0 Å². The number of hydrogen-bond acceptors (Lipinski definition) is 4. The average molecular weight is 407 g/mol. The van der Waals surface area contributed by atoms with Crippen LogP contribution in [0.2, 0.25) is 5.15 Å². The molecule has 148 valence electrons. The number of benzene rings is 2. The average Bonchev–Trinajstić information content (AvgIpc) is 3.35. The van der Waals surface area contributed by atoms with Crippen LogP contribution >= 0.6 is 11.6 Å². The van der Waals surface area contributed by atoms with E-state index in [0.717, 1.165) is 28.2 Å². The van der Waals surface area contributed by atoms with Crippen molar-refractivity contribution in [2.24, 2.45) is 0 Å². The van der Waals surface area contributed by atoms with Crippen molar-refractivity contribution in [1.82, 2.24) is 24.5 Å². The summed E-state index contributed by atoms with van der Waals surface area (Å²) in [4.78, 5) is 3.99. The van der Waals surface area contributed by atoms with Gasteiger partial charge < -0.3 is 5.32 Å². The molecule has 0 saturated carbocycles. The monoisotopic (exact) mass is 406 g/mol. The minimum Gasteiger partial charge on any atom is -0.381 e. The second kappa shape index (κ2) is 8.49. The summed E-state index contributed by atoms with van der Waals surface area (Å²) in [5, 5.41) is 13.1. The maximum atomic E-state index is 6.74. The SMILES string of the molecule is CC(C)c1nn(-c2ccccc2)c(Cl)c1CNc1cccc(Cn2cncn2)c1. The highest BCUT2D eigenvalue weighted by Crippen LogP contribution is 2.29. The smallest absolute Gasteiger partial charge is 0.138 e. The predicted octanol–water partition coefficient (Wildman–Crippen LogP) is 4.90. The Hall–Kier alpha value is -3.12. The lowest BCUT2D eigenvalue weighted by molar-refractivity contribution is 0.685. The normalized spacial score (nSPS) is 11.2. The number of aromatic nitrogens is 5. The lowest BCUT2D eigenvalue weighted by atomic mass is 10.1. The van der Waals surface area contributed by atoms with E-state index in [1.54, 1.807) is 17.3 Å². The first-order valence-electron chi connectivity index (χ1n) is 9.59. The van der Waals surface area contributed by atoms with Gasteiger partial charge in [0.2, 0.25) is 0 Å². The Morgan fingerprint density at radius 2 is 1.90 bits per heavy atom. The minimum atomic E-state index is 0.271. The molecular weight excluding hydrogens is 384 g/mol. The van der Waals surface area contributed by atoms with E-state index in [9.17, 15) is 0 Å². The van der Waals surface area contributed by atoms with Gasteiger partial charge in [-0.2, -0.15) is 10.2 Å². The lowest BCUT2D eigenvalue weighted by Crippen LogP contribution is -2.04. The number of halogens is 1. The Balaban J connectivity index is 1.56. The summed E-state index contributed by atoms with van der Waals surface area (Å²) in [6.07, 6.45) is 3.26. The molecule has 0 aliphatic heterocycles. The van der Waals surface area contributed by atoms with Crippen LogP contribution in [0.25, 0.3) is 5.69 Å². The van der Waals surface area contributed by atoms with Gasteiger partial charge in [0.05, 0.1) is 17.9 Å². The van der Waals surface area contributed by atoms with Gasteiger partial charge in [0.15, 0.2) is 0 Å². The fraction of sp³-hybridized carbons (Fsp3) is 0.227. The summed E-state index contributed by atoms with van der Waals surface area (Å²) < 4.78 is 3.62. The first kappa shape index (κ1) is 19.2. The molecule has 2 heterocycles. The molecule has 0 bridgehead atoms. The molecule has 0 radical (unpaired) electrons. The third kappa shape index (κ3) is 4.32. The third-order valence-electron chi connectivity index (χ3n) is 4.71. The Kier molecular flexibility index (Phi) is 5.62. The van der Waals surface area contributed by atoms with E-state index in [2.05, 4.69) is 47.4 Å². The summed E-state index contributed by atoms with van der Waals surface area (Å²) >= 11 is 6.74. The van der Waals surface area contributed by atoms with Crippen molar-refractivity contribution in [3.63, 3.8) is 0 Å². The molecule has 7 heteroatoms. The van der Waals surface area contributed by atoms with Crippen LogP contribution in [0.3, 0.4) is 0 Å². The van der Waals surface area contributed by atoms with Crippen molar-refractivity contribution >= 4 is 17.3 Å². The summed E-state index contributed by atoms with van der Waals surface area (Å²) in [6, 6.07) is 18.3. The second-order valence-electron chi connectivity index (χ2n) is 7.20. The molecule has 4 aromatic rings. The fourth-order valence-corrected chi connectivity index (χ4v) is 3.58. The van der Waals surface area contributed by atoms with E-state index in [4.69, 9.17) is 16.7 Å². The van der Waals surface area contributed by atoms with E-state index in [1.807, 2.05) is 41.1 Å². The van der Waals surface area contributed by atoms with Crippen molar-refractivity contribution in [2.45, 2.75) is 32.9 Å². The maximum absolute atomic E-state index is 6.74. The van der Waals surface area contributed by atoms with Crippen LogP contribution in [0.1, 0.15) is 36.6 Å². The number of nitrogens with one attached hydrogen (secondary N) is 1. The highest BCUT2D eigenvalue weighted by molar-refractivity contribution is 6.30. The zero-order chi connectivity index (χ0) is 20.2. The Labute approximate surface area is 175 Å². The summed E-state index contributed by atoms with van der Waals surface area (Å²) in [5.41, 5.74) is 5.16. The van der Waals surface area contributed by atoms with Crippen LogP contribution in [-0.2, 0) is 13.1 Å². The van der Waals surface area contributed by atoms with Crippen LogP contribution in [-0.4, -0.2) is 24.5 Å². The fourth-order valence-electron chi connectivity index (χ4n) is 3.28. The second-order valence-corrected chi connectivity index (χ2v) is 7.56. The van der Waals surface area contributed by atoms with Crippen LogP contribution < -0.4 is 5.32 Å². The van der Waals surface area contributed by atoms with Crippen LogP contribution in [0, 0.1) is 0 Å². The van der Waals surface area contributed by atoms with Crippen LogP contribution in [0.5, 0.6) is 0 Å². The van der Waals surface area contributed by atoms with E-state index >= 15 is 0 Å².